The number of hydrogen-bond acceptors (Lipinski definition) is 6. The number of nitrogens with one attached hydrogen (secondary N) is 2. The van der Waals surface area contributed by atoms with E-state index in [0.29, 0.717) is 23.3 Å². The fourth-order valence-electron chi connectivity index (χ4n) is 1.44. The lowest BCUT2D eigenvalue weighted by atomic mass is 10.2. The van der Waals surface area contributed by atoms with Gasteiger partial charge >= 0.3 is 0 Å². The van der Waals surface area contributed by atoms with Crippen molar-refractivity contribution >= 4 is 23.4 Å². The molecular weight excluding hydrogens is 252 g/mol. The van der Waals surface area contributed by atoms with Crippen LogP contribution in [0.5, 0.6) is 0 Å². The Bertz CT molecular complexity index is 504. The van der Waals surface area contributed by atoms with Crippen molar-refractivity contribution in [2.24, 2.45) is 5.84 Å². The van der Waals surface area contributed by atoms with Gasteiger partial charge in [0.2, 0.25) is 5.95 Å². The van der Waals surface area contributed by atoms with Gasteiger partial charge in [-0.3, -0.25) is 10.4 Å². The predicted molar refractivity (Wildman–Crippen MR) is 71.3 cm³/mol. The van der Waals surface area contributed by atoms with Crippen molar-refractivity contribution in [3.05, 3.63) is 41.3 Å². The number of aromatic nitrogens is 3. The quantitative estimate of drug-likeness (QED) is 0.560. The Morgan fingerprint density at radius 3 is 2.78 bits per heavy atom. The lowest BCUT2D eigenvalue weighted by Crippen LogP contribution is -2.13. The van der Waals surface area contributed by atoms with Crippen LogP contribution in [-0.4, -0.2) is 21.5 Å². The van der Waals surface area contributed by atoms with E-state index in [1.54, 1.807) is 12.4 Å². The maximum atomic E-state index is 5.97. The Kier molecular flexibility index (Phi) is 4.27. The summed E-state index contributed by atoms with van der Waals surface area (Å²) in [6.07, 6.45) is 5.89. The molecule has 94 valence electrons. The second-order valence-corrected chi connectivity index (χ2v) is 3.97. The first kappa shape index (κ1) is 12.5. The first-order valence-corrected chi connectivity index (χ1v) is 5.79. The SMILES string of the molecule is NNc1ncc(Cl)c(NCCc2ccncc2)n1. The second-order valence-electron chi connectivity index (χ2n) is 3.57. The molecule has 18 heavy (non-hydrogen) atoms. The molecule has 0 spiro atoms. The molecule has 0 fully saturated rings. The molecule has 0 aliphatic heterocycles. The molecule has 0 atom stereocenters. The number of nitrogens with two attached hydrogens (primary N) is 1. The van der Waals surface area contributed by atoms with Gasteiger partial charge in [-0.1, -0.05) is 11.6 Å². The highest BCUT2D eigenvalue weighted by Crippen LogP contribution is 2.18. The Morgan fingerprint density at radius 2 is 2.06 bits per heavy atom. The zero-order chi connectivity index (χ0) is 12.8. The van der Waals surface area contributed by atoms with Crippen LogP contribution in [0.4, 0.5) is 11.8 Å². The second kappa shape index (κ2) is 6.13. The predicted octanol–water partition coefficient (Wildman–Crippen LogP) is 1.47. The maximum absolute atomic E-state index is 5.97. The molecule has 2 aromatic heterocycles. The first-order chi connectivity index (χ1) is 8.79. The van der Waals surface area contributed by atoms with Gasteiger partial charge in [-0.15, -0.1) is 0 Å². The van der Waals surface area contributed by atoms with Gasteiger partial charge in [0.1, 0.15) is 5.02 Å². The van der Waals surface area contributed by atoms with E-state index in [1.807, 2.05) is 12.1 Å². The third-order valence-electron chi connectivity index (χ3n) is 2.33. The summed E-state index contributed by atoms with van der Waals surface area (Å²) < 4.78 is 0. The minimum absolute atomic E-state index is 0.325. The van der Waals surface area contributed by atoms with Crippen LogP contribution in [-0.2, 0) is 6.42 Å². The van der Waals surface area contributed by atoms with Gasteiger partial charge in [-0.05, 0) is 24.1 Å². The highest BCUT2D eigenvalue weighted by Gasteiger charge is 2.03. The summed E-state index contributed by atoms with van der Waals surface area (Å²) in [6, 6.07) is 3.94. The van der Waals surface area contributed by atoms with E-state index >= 15 is 0 Å². The minimum atomic E-state index is 0.325. The van der Waals surface area contributed by atoms with E-state index < -0.39 is 0 Å². The number of anilines is 2. The molecular formula is C11H13ClN6. The third-order valence-corrected chi connectivity index (χ3v) is 2.61. The summed E-state index contributed by atoms with van der Waals surface area (Å²) in [5, 5.41) is 3.60. The standard InChI is InChI=1S/C11H13ClN6/c12-9-7-16-11(18-13)17-10(9)15-6-3-8-1-4-14-5-2-8/h1-2,4-5,7H,3,6,13H2,(H2,15,16,17,18). The average Bonchev–Trinajstić information content (AvgIpc) is 2.42. The number of halogens is 1. The molecule has 0 aliphatic carbocycles. The fourth-order valence-corrected chi connectivity index (χ4v) is 1.59. The number of hydrogen-bond donors (Lipinski definition) is 3. The summed E-state index contributed by atoms with van der Waals surface area (Å²) in [5.41, 5.74) is 3.57. The number of rotatable bonds is 5. The van der Waals surface area contributed by atoms with E-state index in [9.17, 15) is 0 Å². The minimum Gasteiger partial charge on any atom is -0.368 e. The van der Waals surface area contributed by atoms with Gasteiger partial charge in [-0.25, -0.2) is 10.8 Å². The molecule has 0 aliphatic rings. The Balaban J connectivity index is 1.94. The number of hydrazine groups is 1. The van der Waals surface area contributed by atoms with Gasteiger partial charge in [0.05, 0.1) is 6.20 Å². The van der Waals surface area contributed by atoms with Crippen molar-refractivity contribution in [2.45, 2.75) is 6.42 Å². The van der Waals surface area contributed by atoms with Crippen LogP contribution in [0.3, 0.4) is 0 Å². The molecule has 0 radical (unpaired) electrons. The van der Waals surface area contributed by atoms with Crippen LogP contribution < -0.4 is 16.6 Å². The monoisotopic (exact) mass is 264 g/mol. The smallest absolute Gasteiger partial charge is 0.239 e. The molecule has 0 aromatic carbocycles. The molecule has 0 amide bonds. The Hall–Kier alpha value is -1.92. The molecule has 0 saturated carbocycles. The summed E-state index contributed by atoms with van der Waals surface area (Å²) >= 11 is 5.97. The Morgan fingerprint density at radius 1 is 1.28 bits per heavy atom. The van der Waals surface area contributed by atoms with E-state index in [1.165, 1.54) is 11.8 Å². The maximum Gasteiger partial charge on any atom is 0.239 e. The number of nitrogens with zero attached hydrogens (tertiary/aromatic N) is 3. The summed E-state index contributed by atoms with van der Waals surface area (Å²) in [5.74, 6) is 6.12. The number of nitrogen functional groups attached to an aromatic ring is 1. The molecule has 4 N–H and O–H groups in total. The molecule has 6 nitrogen and oxygen atoms in total. The largest absolute Gasteiger partial charge is 0.368 e. The van der Waals surface area contributed by atoms with Crippen molar-refractivity contribution in [3.8, 4) is 0 Å². The summed E-state index contributed by atoms with van der Waals surface area (Å²) in [6.45, 7) is 0.713. The molecule has 0 bridgehead atoms. The van der Waals surface area contributed by atoms with E-state index in [-0.39, 0.29) is 0 Å². The van der Waals surface area contributed by atoms with E-state index in [0.717, 1.165) is 6.42 Å². The average molecular weight is 265 g/mol. The molecule has 2 aromatic rings. The first-order valence-electron chi connectivity index (χ1n) is 5.41. The fraction of sp³-hybridized carbons (Fsp3) is 0.182. The molecule has 2 rings (SSSR count). The number of pyridine rings is 1. The summed E-state index contributed by atoms with van der Waals surface area (Å²) in [4.78, 5) is 12.0. The summed E-state index contributed by atoms with van der Waals surface area (Å²) in [7, 11) is 0. The lowest BCUT2D eigenvalue weighted by molar-refractivity contribution is 0.992. The van der Waals surface area contributed by atoms with Crippen molar-refractivity contribution in [1.82, 2.24) is 15.0 Å². The van der Waals surface area contributed by atoms with E-state index in [2.05, 4.69) is 25.7 Å². The van der Waals surface area contributed by atoms with Crippen LogP contribution in [0.1, 0.15) is 5.56 Å². The van der Waals surface area contributed by atoms with Crippen molar-refractivity contribution < 1.29 is 0 Å². The van der Waals surface area contributed by atoms with Gasteiger partial charge < -0.3 is 5.32 Å². The van der Waals surface area contributed by atoms with Gasteiger partial charge in [-0.2, -0.15) is 4.98 Å². The van der Waals surface area contributed by atoms with E-state index in [4.69, 9.17) is 17.4 Å². The zero-order valence-corrected chi connectivity index (χ0v) is 10.4. The van der Waals surface area contributed by atoms with Gasteiger partial charge in [0, 0.05) is 18.9 Å². The van der Waals surface area contributed by atoms with Crippen LogP contribution >= 0.6 is 11.6 Å². The van der Waals surface area contributed by atoms with Crippen LogP contribution in [0.2, 0.25) is 5.02 Å². The zero-order valence-electron chi connectivity index (χ0n) is 9.60. The van der Waals surface area contributed by atoms with Crippen LogP contribution in [0, 0.1) is 0 Å². The lowest BCUT2D eigenvalue weighted by Gasteiger charge is -2.08. The molecule has 0 unspecified atom stereocenters. The van der Waals surface area contributed by atoms with Crippen molar-refractivity contribution in [1.29, 1.82) is 0 Å². The third kappa shape index (κ3) is 3.28. The van der Waals surface area contributed by atoms with Crippen LogP contribution in [0.25, 0.3) is 0 Å². The Labute approximate surface area is 110 Å². The topological polar surface area (TPSA) is 88.8 Å². The highest BCUT2D eigenvalue weighted by molar-refractivity contribution is 6.32. The highest BCUT2D eigenvalue weighted by atomic mass is 35.5. The molecule has 7 heteroatoms. The van der Waals surface area contributed by atoms with Gasteiger partial charge in [0.25, 0.3) is 0 Å². The normalized spacial score (nSPS) is 10.1. The van der Waals surface area contributed by atoms with Gasteiger partial charge in [0.15, 0.2) is 5.82 Å². The van der Waals surface area contributed by atoms with Crippen LogP contribution in [0.15, 0.2) is 30.7 Å². The molecule has 0 saturated heterocycles. The van der Waals surface area contributed by atoms with Crippen molar-refractivity contribution in [2.75, 3.05) is 17.3 Å². The molecule has 2 heterocycles. The van der Waals surface area contributed by atoms with Crippen molar-refractivity contribution in [3.63, 3.8) is 0 Å².